The summed E-state index contributed by atoms with van der Waals surface area (Å²) in [7, 11) is 1.69. The molecule has 0 bridgehead atoms. The molecule has 0 aliphatic heterocycles. The van der Waals surface area contributed by atoms with Gasteiger partial charge < -0.3 is 9.30 Å². The third-order valence-corrected chi connectivity index (χ3v) is 5.06. The Bertz CT molecular complexity index is 1040. The Labute approximate surface area is 166 Å². The van der Waals surface area contributed by atoms with Crippen molar-refractivity contribution in [2.45, 2.75) is 13.0 Å². The van der Waals surface area contributed by atoms with Gasteiger partial charge >= 0.3 is 0 Å². The Balaban J connectivity index is 1.71. The lowest BCUT2D eigenvalue weighted by atomic mass is 10.1. The van der Waals surface area contributed by atoms with Crippen molar-refractivity contribution < 1.29 is 4.74 Å². The average molecular weight is 455 g/mol. The molecule has 4 rings (SSSR count). The molecular formula is C21H18IN3O. The molecule has 2 aromatic heterocycles. The number of methoxy groups -OCH3 is 1. The van der Waals surface area contributed by atoms with Crippen molar-refractivity contribution in [3.05, 3.63) is 76.0 Å². The zero-order valence-corrected chi connectivity index (χ0v) is 16.6. The van der Waals surface area contributed by atoms with Gasteiger partial charge in [-0.25, -0.2) is 4.98 Å². The van der Waals surface area contributed by atoms with Crippen LogP contribution in [0.25, 0.3) is 22.6 Å². The number of hydrogen-bond donors (Lipinski definition) is 0. The van der Waals surface area contributed by atoms with Crippen molar-refractivity contribution >= 4 is 33.6 Å². The summed E-state index contributed by atoms with van der Waals surface area (Å²) in [5.74, 6) is 1.80. The summed E-state index contributed by atoms with van der Waals surface area (Å²) < 4.78 is 8.66. The third-order valence-electron chi connectivity index (χ3n) is 4.39. The summed E-state index contributed by atoms with van der Waals surface area (Å²) in [6.07, 6.45) is 2.76. The minimum atomic E-state index is 0.843. The fourth-order valence-electron chi connectivity index (χ4n) is 3.06. The number of hydrogen-bond acceptors (Lipinski definition) is 3. The second-order valence-corrected chi connectivity index (χ2v) is 7.28. The standard InChI is InChI=1S/C21H18IN3O/c1-26-17-8-6-15(7-9-17)11-13-25-20-5-3-2-4-18(20)24-21(25)19-14-16(22)10-12-23-19/h2-10,12,14H,11,13H2,1H3. The van der Waals surface area contributed by atoms with Crippen LogP contribution >= 0.6 is 22.6 Å². The van der Waals surface area contributed by atoms with E-state index in [-0.39, 0.29) is 0 Å². The highest BCUT2D eigenvalue weighted by Gasteiger charge is 2.13. The van der Waals surface area contributed by atoms with Gasteiger partial charge in [-0.05, 0) is 71.0 Å². The van der Waals surface area contributed by atoms with E-state index in [0.29, 0.717) is 0 Å². The van der Waals surface area contributed by atoms with Crippen molar-refractivity contribution in [2.24, 2.45) is 0 Å². The normalized spacial score (nSPS) is 11.0. The van der Waals surface area contributed by atoms with Gasteiger partial charge in [0.15, 0.2) is 5.82 Å². The number of benzene rings is 2. The highest BCUT2D eigenvalue weighted by Crippen LogP contribution is 2.25. The number of para-hydroxylation sites is 2. The van der Waals surface area contributed by atoms with E-state index < -0.39 is 0 Å². The number of aryl methyl sites for hydroxylation is 2. The van der Waals surface area contributed by atoms with Gasteiger partial charge in [-0.1, -0.05) is 24.3 Å². The largest absolute Gasteiger partial charge is 0.497 e. The zero-order valence-electron chi connectivity index (χ0n) is 14.4. The highest BCUT2D eigenvalue weighted by molar-refractivity contribution is 14.1. The molecule has 0 amide bonds. The average Bonchev–Trinajstić information content (AvgIpc) is 3.05. The molecule has 4 aromatic rings. The molecule has 0 atom stereocenters. The van der Waals surface area contributed by atoms with Crippen molar-refractivity contribution in [3.63, 3.8) is 0 Å². The lowest BCUT2D eigenvalue weighted by Crippen LogP contribution is -2.04. The smallest absolute Gasteiger partial charge is 0.159 e. The number of imidazole rings is 1. The molecule has 0 saturated heterocycles. The van der Waals surface area contributed by atoms with Crippen molar-refractivity contribution in [1.82, 2.24) is 14.5 Å². The van der Waals surface area contributed by atoms with Crippen LogP contribution in [0.2, 0.25) is 0 Å². The molecule has 0 fully saturated rings. The third kappa shape index (κ3) is 3.44. The van der Waals surface area contributed by atoms with Crippen molar-refractivity contribution in [1.29, 1.82) is 0 Å². The van der Waals surface area contributed by atoms with Gasteiger partial charge in [0.1, 0.15) is 11.4 Å². The first-order chi connectivity index (χ1) is 12.7. The fraction of sp³-hybridized carbons (Fsp3) is 0.143. The Morgan fingerprint density at radius 3 is 2.62 bits per heavy atom. The summed E-state index contributed by atoms with van der Waals surface area (Å²) in [6, 6.07) is 20.6. The summed E-state index contributed by atoms with van der Waals surface area (Å²) in [5, 5.41) is 0. The molecule has 0 radical (unpaired) electrons. The van der Waals surface area contributed by atoms with Crippen molar-refractivity contribution in [3.8, 4) is 17.3 Å². The van der Waals surface area contributed by atoms with Crippen LogP contribution in [-0.2, 0) is 13.0 Å². The molecule has 2 aromatic carbocycles. The maximum atomic E-state index is 5.24. The van der Waals surface area contributed by atoms with E-state index in [9.17, 15) is 0 Å². The van der Waals surface area contributed by atoms with E-state index in [1.54, 1.807) is 7.11 Å². The molecule has 0 saturated carbocycles. The first kappa shape index (κ1) is 17.0. The number of aromatic nitrogens is 3. The van der Waals surface area contributed by atoms with E-state index >= 15 is 0 Å². The summed E-state index contributed by atoms with van der Waals surface area (Å²) in [5.41, 5.74) is 4.31. The van der Waals surface area contributed by atoms with E-state index in [1.807, 2.05) is 30.5 Å². The van der Waals surface area contributed by atoms with Gasteiger partial charge in [0.25, 0.3) is 0 Å². The molecule has 0 spiro atoms. The van der Waals surface area contributed by atoms with Crippen LogP contribution < -0.4 is 4.74 Å². The number of nitrogens with zero attached hydrogens (tertiary/aromatic N) is 3. The number of halogens is 1. The predicted molar refractivity (Wildman–Crippen MR) is 112 cm³/mol. The predicted octanol–water partition coefficient (Wildman–Crippen LogP) is 4.95. The second-order valence-electron chi connectivity index (χ2n) is 6.03. The lowest BCUT2D eigenvalue weighted by molar-refractivity contribution is 0.414. The maximum Gasteiger partial charge on any atom is 0.159 e. The monoisotopic (exact) mass is 455 g/mol. The summed E-state index contributed by atoms with van der Waals surface area (Å²) in [4.78, 5) is 9.38. The zero-order chi connectivity index (χ0) is 17.9. The molecular weight excluding hydrogens is 437 g/mol. The quantitative estimate of drug-likeness (QED) is 0.400. The molecule has 5 heteroatoms. The Morgan fingerprint density at radius 1 is 1.04 bits per heavy atom. The summed E-state index contributed by atoms with van der Waals surface area (Å²) in [6.45, 7) is 0.843. The number of pyridine rings is 1. The maximum absolute atomic E-state index is 5.24. The van der Waals surface area contributed by atoms with Crippen LogP contribution in [0.4, 0.5) is 0 Å². The molecule has 0 aliphatic carbocycles. The molecule has 4 nitrogen and oxygen atoms in total. The molecule has 130 valence electrons. The van der Waals surface area contributed by atoms with Gasteiger partial charge in [0.05, 0.1) is 18.1 Å². The topological polar surface area (TPSA) is 39.9 Å². The van der Waals surface area contributed by atoms with Gasteiger partial charge in [-0.2, -0.15) is 0 Å². The van der Waals surface area contributed by atoms with E-state index in [4.69, 9.17) is 9.72 Å². The minimum Gasteiger partial charge on any atom is -0.497 e. The van der Waals surface area contributed by atoms with Crippen LogP contribution in [0, 0.1) is 3.57 Å². The van der Waals surface area contributed by atoms with Crippen LogP contribution in [0.3, 0.4) is 0 Å². The number of fused-ring (bicyclic) bond motifs is 1. The first-order valence-corrected chi connectivity index (χ1v) is 9.52. The van der Waals surface area contributed by atoms with Gasteiger partial charge in [-0.3, -0.25) is 4.98 Å². The van der Waals surface area contributed by atoms with Gasteiger partial charge in [0, 0.05) is 16.3 Å². The SMILES string of the molecule is COc1ccc(CCn2c(-c3cc(I)ccn3)nc3ccccc32)cc1. The first-order valence-electron chi connectivity index (χ1n) is 8.45. The van der Waals surface area contributed by atoms with Crippen LogP contribution in [0.15, 0.2) is 66.9 Å². The lowest BCUT2D eigenvalue weighted by Gasteiger charge is -2.10. The Morgan fingerprint density at radius 2 is 1.85 bits per heavy atom. The number of rotatable bonds is 5. The van der Waals surface area contributed by atoms with Gasteiger partial charge in [-0.15, -0.1) is 0 Å². The molecule has 2 heterocycles. The summed E-state index contributed by atoms with van der Waals surface area (Å²) >= 11 is 2.31. The van der Waals surface area contributed by atoms with Gasteiger partial charge in [0.2, 0.25) is 0 Å². The molecule has 0 aliphatic rings. The van der Waals surface area contributed by atoms with E-state index in [1.165, 1.54) is 5.56 Å². The second kappa shape index (κ2) is 7.45. The van der Waals surface area contributed by atoms with Crippen molar-refractivity contribution in [2.75, 3.05) is 7.11 Å². The molecule has 0 unspecified atom stereocenters. The highest BCUT2D eigenvalue weighted by atomic mass is 127. The fourth-order valence-corrected chi connectivity index (χ4v) is 3.51. The van der Waals surface area contributed by atoms with Crippen LogP contribution in [0.1, 0.15) is 5.56 Å². The van der Waals surface area contributed by atoms with E-state index in [0.717, 1.165) is 44.8 Å². The minimum absolute atomic E-state index is 0.843. The van der Waals surface area contributed by atoms with E-state index in [2.05, 4.69) is 68.5 Å². The molecule has 26 heavy (non-hydrogen) atoms. The Kier molecular flexibility index (Phi) is 4.88. The Hall–Kier alpha value is -2.41. The van der Waals surface area contributed by atoms with Crippen LogP contribution in [0.5, 0.6) is 5.75 Å². The molecule has 0 N–H and O–H groups in total. The van der Waals surface area contributed by atoms with Crippen LogP contribution in [-0.4, -0.2) is 21.6 Å². The number of ether oxygens (including phenoxy) is 1.